The van der Waals surface area contributed by atoms with Gasteiger partial charge in [-0.1, -0.05) is 47.6 Å². The highest BCUT2D eigenvalue weighted by Gasteiger charge is 2.19. The van der Waals surface area contributed by atoms with Crippen LogP contribution in [0.25, 0.3) is 32.3 Å². The molecular formula is C19H21N7O2S2. The second kappa shape index (κ2) is 8.78. The van der Waals surface area contributed by atoms with Gasteiger partial charge in [-0.2, -0.15) is 0 Å². The van der Waals surface area contributed by atoms with Crippen LogP contribution in [0.1, 0.15) is 32.4 Å². The van der Waals surface area contributed by atoms with Gasteiger partial charge in [0.25, 0.3) is 0 Å². The fourth-order valence-corrected chi connectivity index (χ4v) is 4.25. The molecule has 2 heterocycles. The van der Waals surface area contributed by atoms with Crippen LogP contribution >= 0.6 is 11.3 Å². The maximum atomic E-state index is 12.3. The summed E-state index contributed by atoms with van der Waals surface area (Å²) in [6.07, 6.45) is 2.73. The predicted molar refractivity (Wildman–Crippen MR) is 118 cm³/mol. The van der Waals surface area contributed by atoms with Gasteiger partial charge in [0.15, 0.2) is 5.13 Å². The number of azide groups is 1. The normalized spacial score (nSPS) is 12.4. The van der Waals surface area contributed by atoms with Crippen molar-refractivity contribution in [3.05, 3.63) is 52.5 Å². The van der Waals surface area contributed by atoms with E-state index in [0.717, 1.165) is 17.0 Å². The zero-order chi connectivity index (χ0) is 21.9. The van der Waals surface area contributed by atoms with E-state index in [9.17, 15) is 8.42 Å². The van der Waals surface area contributed by atoms with Crippen LogP contribution in [0.2, 0.25) is 0 Å². The molecule has 11 heteroatoms. The van der Waals surface area contributed by atoms with E-state index in [1.54, 1.807) is 19.2 Å². The fraction of sp³-hybridized carbons (Fsp3) is 0.316. The van der Waals surface area contributed by atoms with Crippen molar-refractivity contribution < 1.29 is 8.42 Å². The van der Waals surface area contributed by atoms with Gasteiger partial charge < -0.3 is 5.32 Å². The first kappa shape index (κ1) is 21.7. The Morgan fingerprint density at radius 3 is 2.53 bits per heavy atom. The first-order valence-electron chi connectivity index (χ1n) is 9.14. The van der Waals surface area contributed by atoms with Crippen molar-refractivity contribution in [1.82, 2.24) is 15.0 Å². The average Bonchev–Trinajstić information content (AvgIpc) is 3.15. The molecule has 30 heavy (non-hydrogen) atoms. The summed E-state index contributed by atoms with van der Waals surface area (Å²) in [5.74, 6) is 0. The highest BCUT2D eigenvalue weighted by Crippen LogP contribution is 2.34. The number of sulfone groups is 1. The SMILES string of the molecule is CC(C)Nc1ncc(-c2cc(-c3ccccc3C(C)N=[N+]=[N-])nc(S(C)(=O)=O)n2)s1. The number of hydrogen-bond donors (Lipinski definition) is 1. The summed E-state index contributed by atoms with van der Waals surface area (Å²) in [5.41, 5.74) is 11.1. The number of thiazole rings is 1. The van der Waals surface area contributed by atoms with Crippen molar-refractivity contribution in [2.24, 2.45) is 5.11 Å². The first-order valence-corrected chi connectivity index (χ1v) is 11.8. The molecule has 0 aliphatic rings. The lowest BCUT2D eigenvalue weighted by Crippen LogP contribution is -2.08. The highest BCUT2D eigenvalue weighted by atomic mass is 32.2. The number of rotatable bonds is 7. The summed E-state index contributed by atoms with van der Waals surface area (Å²) in [4.78, 5) is 16.5. The molecule has 1 N–H and O–H groups in total. The number of anilines is 1. The molecule has 0 spiro atoms. The summed E-state index contributed by atoms with van der Waals surface area (Å²) >= 11 is 1.38. The number of benzene rings is 1. The first-order chi connectivity index (χ1) is 14.2. The molecule has 3 rings (SSSR count). The predicted octanol–water partition coefficient (Wildman–Crippen LogP) is 4.86. The molecule has 9 nitrogen and oxygen atoms in total. The maximum Gasteiger partial charge on any atom is 0.247 e. The van der Waals surface area contributed by atoms with E-state index in [1.165, 1.54) is 11.3 Å². The summed E-state index contributed by atoms with van der Waals surface area (Å²) in [6.45, 7) is 5.78. The minimum atomic E-state index is -3.65. The van der Waals surface area contributed by atoms with Gasteiger partial charge in [-0.05, 0) is 31.0 Å². The number of aromatic nitrogens is 3. The van der Waals surface area contributed by atoms with Crippen LogP contribution in [0.15, 0.2) is 46.8 Å². The molecule has 3 aromatic rings. The zero-order valence-corrected chi connectivity index (χ0v) is 18.6. The summed E-state index contributed by atoms with van der Waals surface area (Å²) in [5, 5.41) is 7.44. The average molecular weight is 444 g/mol. The lowest BCUT2D eigenvalue weighted by Gasteiger charge is -2.13. The molecule has 1 aromatic carbocycles. The molecule has 156 valence electrons. The van der Waals surface area contributed by atoms with Crippen LogP contribution in [-0.4, -0.2) is 35.7 Å². The van der Waals surface area contributed by atoms with Crippen molar-refractivity contribution in [1.29, 1.82) is 0 Å². The Morgan fingerprint density at radius 2 is 1.87 bits per heavy atom. The molecule has 0 aliphatic carbocycles. The molecule has 0 amide bonds. The van der Waals surface area contributed by atoms with Crippen molar-refractivity contribution in [3.8, 4) is 21.8 Å². The third-order valence-electron chi connectivity index (χ3n) is 4.12. The van der Waals surface area contributed by atoms with Crippen molar-refractivity contribution in [3.63, 3.8) is 0 Å². The Morgan fingerprint density at radius 1 is 1.17 bits per heavy atom. The maximum absolute atomic E-state index is 12.3. The molecule has 0 bridgehead atoms. The molecular weight excluding hydrogens is 422 g/mol. The number of hydrogen-bond acceptors (Lipinski definition) is 8. The number of nitrogens with one attached hydrogen (secondary N) is 1. The molecule has 0 fully saturated rings. The Labute approximate surface area is 178 Å². The van der Waals surface area contributed by atoms with Gasteiger partial charge in [-0.3, -0.25) is 0 Å². The molecule has 1 atom stereocenters. The van der Waals surface area contributed by atoms with Crippen molar-refractivity contribution in [2.75, 3.05) is 11.6 Å². The van der Waals surface area contributed by atoms with Gasteiger partial charge in [-0.15, -0.1) is 0 Å². The highest BCUT2D eigenvalue weighted by molar-refractivity contribution is 7.90. The summed E-state index contributed by atoms with van der Waals surface area (Å²) in [6, 6.07) is 8.78. The zero-order valence-electron chi connectivity index (χ0n) is 16.9. The number of nitrogens with zero attached hydrogens (tertiary/aromatic N) is 6. The summed E-state index contributed by atoms with van der Waals surface area (Å²) in [7, 11) is -3.65. The second-order valence-electron chi connectivity index (χ2n) is 6.99. The molecule has 0 aliphatic heterocycles. The topological polar surface area (TPSA) is 134 Å². The van der Waals surface area contributed by atoms with E-state index in [-0.39, 0.29) is 11.2 Å². The van der Waals surface area contributed by atoms with E-state index in [0.29, 0.717) is 21.8 Å². The second-order valence-corrected chi connectivity index (χ2v) is 9.93. The molecule has 2 aromatic heterocycles. The van der Waals surface area contributed by atoms with Crippen molar-refractivity contribution >= 4 is 26.3 Å². The Bertz CT molecular complexity index is 1220. The molecule has 1 unspecified atom stereocenters. The van der Waals surface area contributed by atoms with E-state index in [2.05, 4.69) is 30.3 Å². The smallest absolute Gasteiger partial charge is 0.247 e. The van der Waals surface area contributed by atoms with E-state index >= 15 is 0 Å². The van der Waals surface area contributed by atoms with E-state index < -0.39 is 15.9 Å². The van der Waals surface area contributed by atoms with Gasteiger partial charge in [0, 0.05) is 29.0 Å². The van der Waals surface area contributed by atoms with Crippen molar-refractivity contribution in [2.45, 2.75) is 38.0 Å². The Kier molecular flexibility index (Phi) is 6.35. The van der Waals surface area contributed by atoms with Crippen LogP contribution < -0.4 is 5.32 Å². The quantitative estimate of drug-likeness (QED) is 0.240. The van der Waals surface area contributed by atoms with Crippen LogP contribution in [0.4, 0.5) is 5.13 Å². The van der Waals surface area contributed by atoms with Crippen LogP contribution in [0.5, 0.6) is 0 Å². The van der Waals surface area contributed by atoms with Crippen LogP contribution in [0.3, 0.4) is 0 Å². The Balaban J connectivity index is 2.19. The van der Waals surface area contributed by atoms with Crippen LogP contribution in [-0.2, 0) is 9.84 Å². The van der Waals surface area contributed by atoms with Crippen LogP contribution in [0, 0.1) is 0 Å². The lowest BCUT2D eigenvalue weighted by molar-refractivity contribution is 0.593. The minimum Gasteiger partial charge on any atom is -0.359 e. The standard InChI is InChI=1S/C19H21N7O2S2/c1-11(2)22-18-21-10-17(29-18)16-9-15(23-19(24-16)30(4,27)28)14-8-6-5-7-13(14)12(3)25-26-20/h5-12H,1-4H3,(H,21,22). The molecule has 0 saturated heterocycles. The summed E-state index contributed by atoms with van der Waals surface area (Å²) < 4.78 is 24.5. The minimum absolute atomic E-state index is 0.214. The fourth-order valence-electron chi connectivity index (χ4n) is 2.80. The third kappa shape index (κ3) is 4.93. The third-order valence-corrected chi connectivity index (χ3v) is 5.92. The van der Waals surface area contributed by atoms with Gasteiger partial charge in [0.05, 0.1) is 22.3 Å². The van der Waals surface area contributed by atoms with Gasteiger partial charge in [0.2, 0.25) is 15.0 Å². The van der Waals surface area contributed by atoms with E-state index in [1.807, 2.05) is 38.1 Å². The molecule has 0 saturated carbocycles. The van der Waals surface area contributed by atoms with Gasteiger partial charge in [-0.25, -0.2) is 23.4 Å². The largest absolute Gasteiger partial charge is 0.359 e. The van der Waals surface area contributed by atoms with Gasteiger partial charge in [0.1, 0.15) is 0 Å². The van der Waals surface area contributed by atoms with E-state index in [4.69, 9.17) is 5.53 Å². The Hall–Kier alpha value is -3.01. The molecule has 0 radical (unpaired) electrons. The van der Waals surface area contributed by atoms with Gasteiger partial charge >= 0.3 is 0 Å². The lowest BCUT2D eigenvalue weighted by atomic mass is 9.99. The monoisotopic (exact) mass is 443 g/mol.